The Kier molecular flexibility index (Phi) is 8.09. The molecule has 0 heteroatoms. The van der Waals surface area contributed by atoms with Crippen LogP contribution in [0.25, 0.3) is 5.57 Å². The summed E-state index contributed by atoms with van der Waals surface area (Å²) >= 11 is 0. The third kappa shape index (κ3) is 3.52. The first-order chi connectivity index (χ1) is 11.3. The van der Waals surface area contributed by atoms with Gasteiger partial charge in [0, 0.05) is 5.41 Å². The van der Waals surface area contributed by atoms with Crippen molar-refractivity contribution in [2.45, 2.75) is 72.1 Å². The fourth-order valence-electron chi connectivity index (χ4n) is 4.01. The van der Waals surface area contributed by atoms with Crippen molar-refractivity contribution in [2.75, 3.05) is 0 Å². The molecule has 23 heavy (non-hydrogen) atoms. The highest BCUT2D eigenvalue weighted by Gasteiger charge is 2.43. The van der Waals surface area contributed by atoms with Gasteiger partial charge in [-0.05, 0) is 42.0 Å². The lowest BCUT2D eigenvalue weighted by Gasteiger charge is -2.36. The Hall–Kier alpha value is -1.56. The van der Waals surface area contributed by atoms with E-state index in [-0.39, 0.29) is 5.41 Å². The van der Waals surface area contributed by atoms with E-state index in [4.69, 9.17) is 0 Å². The average molecular weight is 311 g/mol. The molecule has 1 fully saturated rings. The Bertz CT molecular complexity index is 551. The van der Waals surface area contributed by atoms with Gasteiger partial charge in [0.25, 0.3) is 0 Å². The first kappa shape index (κ1) is 19.5. The second-order valence-electron chi connectivity index (χ2n) is 5.72. The van der Waals surface area contributed by atoms with Crippen molar-refractivity contribution >= 4 is 5.57 Å². The Morgan fingerprint density at radius 3 is 2.13 bits per heavy atom. The monoisotopic (exact) mass is 310 g/mol. The standard InChI is InChI=1S/C19H22.2C2H6/c1-3-10-17-15(4-2)16-11-6-7-12-18(16)19(17)13-8-5-9-14-19;2*1-2/h3-4,6-7,10-12H,2,5,8-9,13-14H2,1H3;2*1-2H3/b10-3-;;. The largest absolute Gasteiger partial charge is 0.0984 e. The first-order valence-electron chi connectivity index (χ1n) is 9.43. The van der Waals surface area contributed by atoms with Gasteiger partial charge in [0.15, 0.2) is 0 Å². The summed E-state index contributed by atoms with van der Waals surface area (Å²) in [6.45, 7) is 14.2. The molecule has 0 aromatic heterocycles. The van der Waals surface area contributed by atoms with E-state index in [2.05, 4.69) is 56.0 Å². The maximum absolute atomic E-state index is 4.06. The van der Waals surface area contributed by atoms with E-state index in [1.54, 1.807) is 0 Å². The Morgan fingerprint density at radius 1 is 0.957 bits per heavy atom. The number of rotatable bonds is 2. The summed E-state index contributed by atoms with van der Waals surface area (Å²) < 4.78 is 0. The molecule has 0 radical (unpaired) electrons. The van der Waals surface area contributed by atoms with Gasteiger partial charge in [-0.2, -0.15) is 0 Å². The summed E-state index contributed by atoms with van der Waals surface area (Å²) in [6.07, 6.45) is 13.2. The van der Waals surface area contributed by atoms with Crippen molar-refractivity contribution in [3.8, 4) is 0 Å². The molecule has 0 bridgehead atoms. The second-order valence-corrected chi connectivity index (χ2v) is 5.72. The molecule has 0 aliphatic heterocycles. The predicted molar refractivity (Wildman–Crippen MR) is 106 cm³/mol. The van der Waals surface area contributed by atoms with Gasteiger partial charge >= 0.3 is 0 Å². The van der Waals surface area contributed by atoms with Gasteiger partial charge in [-0.15, -0.1) is 0 Å². The van der Waals surface area contributed by atoms with Gasteiger partial charge in [-0.1, -0.05) is 96.0 Å². The van der Waals surface area contributed by atoms with E-state index >= 15 is 0 Å². The molecule has 0 amide bonds. The molecule has 0 N–H and O–H groups in total. The maximum Gasteiger partial charge on any atom is 0.0215 e. The van der Waals surface area contributed by atoms with Crippen molar-refractivity contribution in [3.63, 3.8) is 0 Å². The minimum atomic E-state index is 0.269. The molecule has 1 saturated carbocycles. The minimum absolute atomic E-state index is 0.269. The summed E-state index contributed by atoms with van der Waals surface area (Å²) in [5.74, 6) is 0. The molecule has 2 aliphatic rings. The molecule has 1 spiro atoms. The number of fused-ring (bicyclic) bond motifs is 2. The smallest absolute Gasteiger partial charge is 0.0215 e. The summed E-state index contributed by atoms with van der Waals surface area (Å²) in [5, 5.41) is 0. The lowest BCUT2D eigenvalue weighted by Crippen LogP contribution is -2.28. The average Bonchev–Trinajstić information content (AvgIpc) is 2.89. The lowest BCUT2D eigenvalue weighted by molar-refractivity contribution is 0.350. The van der Waals surface area contributed by atoms with Crippen LogP contribution in [0.2, 0.25) is 0 Å². The molecule has 126 valence electrons. The molecule has 1 aromatic rings. The highest BCUT2D eigenvalue weighted by atomic mass is 14.5. The van der Waals surface area contributed by atoms with Crippen molar-refractivity contribution in [2.24, 2.45) is 0 Å². The van der Waals surface area contributed by atoms with E-state index in [1.165, 1.54) is 54.4 Å². The van der Waals surface area contributed by atoms with Gasteiger partial charge in [0.1, 0.15) is 0 Å². The summed E-state index contributed by atoms with van der Waals surface area (Å²) in [6, 6.07) is 8.94. The van der Waals surface area contributed by atoms with Gasteiger partial charge in [-0.25, -0.2) is 0 Å². The van der Waals surface area contributed by atoms with Crippen LogP contribution >= 0.6 is 0 Å². The normalized spacial score (nSPS) is 18.0. The number of hydrogen-bond acceptors (Lipinski definition) is 0. The Morgan fingerprint density at radius 2 is 1.57 bits per heavy atom. The molecule has 0 saturated heterocycles. The first-order valence-corrected chi connectivity index (χ1v) is 9.43. The van der Waals surface area contributed by atoms with Gasteiger partial charge in [0.2, 0.25) is 0 Å². The highest BCUT2D eigenvalue weighted by Crippen LogP contribution is 2.54. The maximum atomic E-state index is 4.06. The van der Waals surface area contributed by atoms with Gasteiger partial charge in [-0.3, -0.25) is 0 Å². The van der Waals surface area contributed by atoms with E-state index in [1.807, 2.05) is 27.7 Å². The molecule has 2 aliphatic carbocycles. The van der Waals surface area contributed by atoms with Crippen LogP contribution in [-0.2, 0) is 5.41 Å². The highest BCUT2D eigenvalue weighted by molar-refractivity contribution is 5.87. The number of hydrogen-bond donors (Lipinski definition) is 0. The van der Waals surface area contributed by atoms with Crippen LogP contribution in [0.15, 0.2) is 54.6 Å². The third-order valence-corrected chi connectivity index (χ3v) is 4.78. The van der Waals surface area contributed by atoms with Crippen molar-refractivity contribution < 1.29 is 0 Å². The van der Waals surface area contributed by atoms with Crippen LogP contribution < -0.4 is 0 Å². The molecule has 0 heterocycles. The molecule has 0 nitrogen and oxygen atoms in total. The zero-order chi connectivity index (χ0) is 17.3. The molecule has 0 unspecified atom stereocenters. The number of allylic oxidation sites excluding steroid dienone is 5. The zero-order valence-corrected chi connectivity index (χ0v) is 15.8. The summed E-state index contributed by atoms with van der Waals surface area (Å²) in [4.78, 5) is 0. The SMILES string of the molecule is C=CC1=C(/C=C\C)C2(CCCCC2)c2ccccc21.CC.CC. The van der Waals surface area contributed by atoms with Crippen molar-refractivity contribution in [1.82, 2.24) is 0 Å². The fraction of sp³-hybridized carbons (Fsp3) is 0.478. The molecule has 1 aromatic carbocycles. The van der Waals surface area contributed by atoms with Crippen LogP contribution in [0.5, 0.6) is 0 Å². The van der Waals surface area contributed by atoms with Crippen LogP contribution in [0.3, 0.4) is 0 Å². The quantitative estimate of drug-likeness (QED) is 0.531. The third-order valence-electron chi connectivity index (χ3n) is 4.78. The van der Waals surface area contributed by atoms with Crippen molar-refractivity contribution in [1.29, 1.82) is 0 Å². The predicted octanol–water partition coefficient (Wildman–Crippen LogP) is 7.47. The molecule has 3 rings (SSSR count). The van der Waals surface area contributed by atoms with E-state index in [9.17, 15) is 0 Å². The summed E-state index contributed by atoms with van der Waals surface area (Å²) in [7, 11) is 0. The van der Waals surface area contributed by atoms with E-state index in [0.29, 0.717) is 0 Å². The van der Waals surface area contributed by atoms with Crippen LogP contribution in [0.1, 0.15) is 77.8 Å². The molecule has 0 atom stereocenters. The molecular weight excluding hydrogens is 276 g/mol. The minimum Gasteiger partial charge on any atom is -0.0984 e. The van der Waals surface area contributed by atoms with Crippen molar-refractivity contribution in [3.05, 3.63) is 65.8 Å². The van der Waals surface area contributed by atoms with Crippen LogP contribution in [0.4, 0.5) is 0 Å². The zero-order valence-electron chi connectivity index (χ0n) is 15.8. The van der Waals surface area contributed by atoms with E-state index < -0.39 is 0 Å². The van der Waals surface area contributed by atoms with Crippen LogP contribution in [0, 0.1) is 0 Å². The van der Waals surface area contributed by atoms with E-state index in [0.717, 1.165) is 0 Å². The summed E-state index contributed by atoms with van der Waals surface area (Å²) in [5.41, 5.74) is 6.08. The van der Waals surface area contributed by atoms with Gasteiger partial charge < -0.3 is 0 Å². The topological polar surface area (TPSA) is 0 Å². The Labute approximate surface area is 144 Å². The number of benzene rings is 1. The second kappa shape index (κ2) is 9.55. The molecular formula is C23H34. The van der Waals surface area contributed by atoms with Crippen LogP contribution in [-0.4, -0.2) is 0 Å². The fourth-order valence-corrected chi connectivity index (χ4v) is 4.01. The lowest BCUT2D eigenvalue weighted by atomic mass is 9.67. The Balaban J connectivity index is 0.000000615. The van der Waals surface area contributed by atoms with Gasteiger partial charge in [0.05, 0.1) is 0 Å².